The van der Waals surface area contributed by atoms with Gasteiger partial charge in [0.15, 0.2) is 23.9 Å². The second kappa shape index (κ2) is 16.6. The number of sulfonamides is 1. The zero-order chi connectivity index (χ0) is 38.7. The molecule has 54 heavy (non-hydrogen) atoms. The van der Waals surface area contributed by atoms with Crippen molar-refractivity contribution < 1.29 is 55.3 Å². The normalized spacial score (nSPS) is 16.7. The summed E-state index contributed by atoms with van der Waals surface area (Å²) >= 11 is 12.7. The Bertz CT molecular complexity index is 2010. The largest absolute Gasteiger partial charge is 0.619 e. The highest BCUT2D eigenvalue weighted by Gasteiger charge is 2.39. The van der Waals surface area contributed by atoms with E-state index in [0.717, 1.165) is 35.8 Å². The van der Waals surface area contributed by atoms with Gasteiger partial charge >= 0.3 is 12.6 Å². The number of rotatable bonds is 16. The highest BCUT2D eigenvalue weighted by atomic mass is 35.5. The summed E-state index contributed by atoms with van der Waals surface area (Å²) in [5.41, 5.74) is 0.504. The number of amides is 2. The van der Waals surface area contributed by atoms with Crippen molar-refractivity contribution >= 4 is 56.7 Å². The Labute approximate surface area is 319 Å². The monoisotopic (exact) mass is 812 g/mol. The van der Waals surface area contributed by atoms with Crippen LogP contribution in [-0.4, -0.2) is 101 Å². The van der Waals surface area contributed by atoms with Gasteiger partial charge in [-0.15, -0.1) is 0 Å². The fourth-order valence-corrected chi connectivity index (χ4v) is 7.62. The van der Waals surface area contributed by atoms with Gasteiger partial charge in [-0.05, 0) is 54.7 Å². The molecule has 3 heterocycles. The Kier molecular flexibility index (Phi) is 12.1. The third kappa shape index (κ3) is 9.49. The molecule has 1 atom stereocenters. The van der Waals surface area contributed by atoms with E-state index in [2.05, 4.69) is 9.64 Å². The summed E-state index contributed by atoms with van der Waals surface area (Å²) in [7, 11) is -3.79. The topological polar surface area (TPSA) is 159 Å². The first-order valence-electron chi connectivity index (χ1n) is 16.9. The predicted molar refractivity (Wildman–Crippen MR) is 191 cm³/mol. The molecule has 0 N–H and O–H groups in total. The fourth-order valence-electron chi connectivity index (χ4n) is 6.11. The molecule has 0 unspecified atom stereocenters. The number of hydrogen-bond donors (Lipinski definition) is 0. The van der Waals surface area contributed by atoms with Crippen molar-refractivity contribution in [3.8, 4) is 11.5 Å². The Balaban J connectivity index is 1.23. The molecule has 2 fully saturated rings. The number of benzene rings is 2. The first kappa shape index (κ1) is 39.4. The molecule has 14 nitrogen and oxygen atoms in total. The molecule has 290 valence electrons. The number of anilines is 1. The molecular formula is C35H36Cl2F2N4O10S. The van der Waals surface area contributed by atoms with E-state index in [9.17, 15) is 36.8 Å². The van der Waals surface area contributed by atoms with Crippen LogP contribution in [0.1, 0.15) is 50.8 Å². The minimum atomic E-state index is -3.79. The Morgan fingerprint density at radius 3 is 2.37 bits per heavy atom. The summed E-state index contributed by atoms with van der Waals surface area (Å²) < 4.78 is 75.2. The van der Waals surface area contributed by atoms with Crippen LogP contribution in [0, 0.1) is 11.1 Å². The van der Waals surface area contributed by atoms with E-state index >= 15 is 0 Å². The molecule has 19 heteroatoms. The quantitative estimate of drug-likeness (QED) is 0.0882. The van der Waals surface area contributed by atoms with Gasteiger partial charge in [-0.25, -0.2) is 8.42 Å². The van der Waals surface area contributed by atoms with Crippen molar-refractivity contribution in [1.29, 1.82) is 0 Å². The van der Waals surface area contributed by atoms with Crippen LogP contribution in [0.4, 0.5) is 14.5 Å². The van der Waals surface area contributed by atoms with E-state index in [1.54, 1.807) is 0 Å². The molecule has 1 aliphatic carbocycles. The van der Waals surface area contributed by atoms with Gasteiger partial charge < -0.3 is 24.2 Å². The number of fused-ring (bicyclic) bond motifs is 1. The highest BCUT2D eigenvalue weighted by molar-refractivity contribution is 7.92. The number of hydrogen-bond acceptors (Lipinski definition) is 11. The molecule has 0 bridgehead atoms. The highest BCUT2D eigenvalue weighted by Crippen LogP contribution is 2.38. The number of pyridine rings is 1. The van der Waals surface area contributed by atoms with E-state index in [0.29, 0.717) is 42.5 Å². The van der Waals surface area contributed by atoms with Crippen LogP contribution in [0.15, 0.2) is 48.8 Å². The van der Waals surface area contributed by atoms with E-state index in [1.807, 2.05) is 0 Å². The fraction of sp³-hybridized carbons (Fsp3) is 0.429. The molecule has 0 radical (unpaired) electrons. The molecule has 6 rings (SSSR count). The van der Waals surface area contributed by atoms with E-state index in [-0.39, 0.29) is 75.0 Å². The maximum atomic E-state index is 13.6. The van der Waals surface area contributed by atoms with Gasteiger partial charge in [-0.3, -0.25) is 28.5 Å². The van der Waals surface area contributed by atoms with Crippen LogP contribution in [-0.2, 0) is 30.7 Å². The average Bonchev–Trinajstić information content (AvgIpc) is 3.91. The van der Waals surface area contributed by atoms with Crippen molar-refractivity contribution in [2.45, 2.75) is 32.0 Å². The van der Waals surface area contributed by atoms with Gasteiger partial charge in [0, 0.05) is 38.2 Å². The van der Waals surface area contributed by atoms with E-state index in [1.165, 1.54) is 36.4 Å². The number of nitrogens with zero attached hydrogens (tertiary/aromatic N) is 4. The number of aromatic nitrogens is 1. The first-order chi connectivity index (χ1) is 25.7. The minimum absolute atomic E-state index is 0.0319. The lowest BCUT2D eigenvalue weighted by molar-refractivity contribution is -0.605. The Morgan fingerprint density at radius 1 is 1.04 bits per heavy atom. The molecule has 2 amide bonds. The zero-order valence-electron chi connectivity index (χ0n) is 28.9. The molecule has 2 aliphatic heterocycles. The number of carbonyl (C=O) groups is 3. The number of ether oxygens (including phenoxy) is 4. The van der Waals surface area contributed by atoms with Crippen LogP contribution in [0.5, 0.6) is 11.5 Å². The van der Waals surface area contributed by atoms with Gasteiger partial charge in [0.1, 0.15) is 22.7 Å². The summed E-state index contributed by atoms with van der Waals surface area (Å²) in [6.45, 7) is -0.907. The van der Waals surface area contributed by atoms with Crippen LogP contribution >= 0.6 is 23.2 Å². The summed E-state index contributed by atoms with van der Waals surface area (Å²) in [4.78, 5) is 43.3. The maximum absolute atomic E-state index is 13.6. The van der Waals surface area contributed by atoms with Crippen LogP contribution in [0.25, 0.3) is 0 Å². The first-order valence-corrected chi connectivity index (χ1v) is 19.5. The summed E-state index contributed by atoms with van der Waals surface area (Å²) in [6, 6.07) is 8.02. The molecule has 3 aliphatic rings. The van der Waals surface area contributed by atoms with Crippen LogP contribution < -0.4 is 18.5 Å². The standard InChI is InChI=1S/C35H36Cl2F2N4O10S/c1-54(48,49)43(9-8-40-10-12-50-13-11-40)23-5-6-24-25(15-23)34(46)42(33(24)45)19-32(44)52-30(16-26-27(36)17-41(47)18-28(26)37)22-4-7-29(53-35(38)39)31(14-22)51-20-21-2-3-21/h4-7,14-15,17-18,21,30,35H,2-3,8-13,16,19-20H2,1H3/t30-/m0/s1. The number of morpholine rings is 1. The van der Waals surface area contributed by atoms with Gasteiger partial charge in [-0.2, -0.15) is 13.5 Å². The van der Waals surface area contributed by atoms with Crippen molar-refractivity contribution in [1.82, 2.24) is 9.80 Å². The molecule has 0 spiro atoms. The van der Waals surface area contributed by atoms with E-state index in [4.69, 9.17) is 37.4 Å². The Morgan fingerprint density at radius 2 is 1.72 bits per heavy atom. The molecule has 3 aromatic rings. The van der Waals surface area contributed by atoms with Gasteiger partial charge in [0.25, 0.3) is 11.8 Å². The number of carbonyl (C=O) groups excluding carboxylic acids is 3. The summed E-state index contributed by atoms with van der Waals surface area (Å²) in [5.74, 6) is -2.70. The lowest BCUT2D eigenvalue weighted by Gasteiger charge is -2.30. The van der Waals surface area contributed by atoms with Crippen molar-refractivity contribution in [3.05, 3.63) is 86.3 Å². The Hall–Kier alpha value is -4.29. The number of alkyl halides is 2. The minimum Gasteiger partial charge on any atom is -0.619 e. The summed E-state index contributed by atoms with van der Waals surface area (Å²) in [5, 5.41) is 11.8. The smallest absolute Gasteiger partial charge is 0.387 e. The number of esters is 1. The van der Waals surface area contributed by atoms with Gasteiger partial charge in [0.05, 0.1) is 42.9 Å². The molecule has 1 aromatic heterocycles. The zero-order valence-corrected chi connectivity index (χ0v) is 31.2. The average molecular weight is 814 g/mol. The SMILES string of the molecule is CS(=O)(=O)N(CCN1CCOCC1)c1ccc2c(c1)C(=O)N(CC(=O)O[C@@H](Cc1c(Cl)c[n+]([O-])cc1Cl)c1ccc(OC(F)F)c(OCC3CC3)c1)C2=O. The van der Waals surface area contributed by atoms with Crippen LogP contribution in [0.3, 0.4) is 0 Å². The van der Waals surface area contributed by atoms with Crippen molar-refractivity contribution in [2.75, 3.05) is 63.1 Å². The second-order valence-electron chi connectivity index (χ2n) is 13.0. The maximum Gasteiger partial charge on any atom is 0.387 e. The van der Waals surface area contributed by atoms with Crippen molar-refractivity contribution in [2.24, 2.45) is 5.92 Å². The molecule has 2 aromatic carbocycles. The lowest BCUT2D eigenvalue weighted by Crippen LogP contribution is -2.43. The lowest BCUT2D eigenvalue weighted by atomic mass is 10.0. The molecular weight excluding hydrogens is 777 g/mol. The third-order valence-corrected chi connectivity index (χ3v) is 10.9. The summed E-state index contributed by atoms with van der Waals surface area (Å²) in [6.07, 6.45) is 3.52. The van der Waals surface area contributed by atoms with Crippen LogP contribution in [0.2, 0.25) is 10.0 Å². The second-order valence-corrected chi connectivity index (χ2v) is 15.8. The number of imide groups is 1. The van der Waals surface area contributed by atoms with Crippen molar-refractivity contribution in [3.63, 3.8) is 0 Å². The van der Waals surface area contributed by atoms with Gasteiger partial charge in [-0.1, -0.05) is 29.3 Å². The third-order valence-electron chi connectivity index (χ3n) is 9.10. The van der Waals surface area contributed by atoms with Gasteiger partial charge in [0.2, 0.25) is 10.0 Å². The number of halogens is 4. The van der Waals surface area contributed by atoms with E-state index < -0.39 is 47.1 Å². The molecule has 1 saturated carbocycles. The molecule has 1 saturated heterocycles. The predicted octanol–water partition coefficient (Wildman–Crippen LogP) is 4.24.